The topological polar surface area (TPSA) is 43.1 Å². The summed E-state index contributed by atoms with van der Waals surface area (Å²) in [5.74, 6) is -0.153. The number of primary amides is 1. The summed E-state index contributed by atoms with van der Waals surface area (Å²) in [4.78, 5) is 10.6. The molecule has 121 valence electrons. The molecule has 0 aromatic carbocycles. The third kappa shape index (κ3) is 22.9. The summed E-state index contributed by atoms with van der Waals surface area (Å²) in [6.45, 7) is 2.28. The second-order valence-corrected chi connectivity index (χ2v) is 6.17. The number of unbranched alkanes of at least 4 members (excludes halogenated alkanes) is 14. The van der Waals surface area contributed by atoms with E-state index in [9.17, 15) is 4.79 Å². The Morgan fingerprint density at radius 3 is 1.19 bits per heavy atom. The zero-order valence-corrected chi connectivity index (χ0v) is 16.8. The first-order chi connectivity index (χ1) is 9.77. The molecule has 0 aliphatic heterocycles. The molecule has 0 heterocycles. The van der Waals surface area contributed by atoms with Crippen molar-refractivity contribution in [3.63, 3.8) is 0 Å². The summed E-state index contributed by atoms with van der Waals surface area (Å²) in [6.07, 6.45) is 20.9. The predicted octanol–water partition coefficient (Wildman–Crippen LogP) is 5.35. The summed E-state index contributed by atoms with van der Waals surface area (Å²) < 4.78 is 0. The average molecular weight is 306 g/mol. The SMILES string of the molecule is CCCCCCCCCCCCCCCCCC(N)=O.[Na]. The first-order valence-electron chi connectivity index (χ1n) is 9.05. The zero-order chi connectivity index (χ0) is 14.9. The Hall–Kier alpha value is 0.470. The molecule has 0 unspecified atom stereocenters. The van der Waals surface area contributed by atoms with Crippen molar-refractivity contribution >= 4 is 35.5 Å². The van der Waals surface area contributed by atoms with Gasteiger partial charge < -0.3 is 5.73 Å². The third-order valence-corrected chi connectivity index (χ3v) is 4.03. The van der Waals surface area contributed by atoms with E-state index in [0.29, 0.717) is 6.42 Å². The van der Waals surface area contributed by atoms with E-state index in [1.54, 1.807) is 0 Å². The van der Waals surface area contributed by atoms with Gasteiger partial charge >= 0.3 is 0 Å². The van der Waals surface area contributed by atoms with Crippen LogP contribution in [0.3, 0.4) is 0 Å². The zero-order valence-electron chi connectivity index (χ0n) is 14.8. The van der Waals surface area contributed by atoms with Crippen LogP contribution in [-0.2, 0) is 4.79 Å². The largest absolute Gasteiger partial charge is 0.370 e. The van der Waals surface area contributed by atoms with Crippen LogP contribution in [0.2, 0.25) is 0 Å². The van der Waals surface area contributed by atoms with Gasteiger partial charge in [0.05, 0.1) is 0 Å². The second-order valence-electron chi connectivity index (χ2n) is 6.17. The fourth-order valence-corrected chi connectivity index (χ4v) is 2.67. The van der Waals surface area contributed by atoms with E-state index in [4.69, 9.17) is 5.73 Å². The molecule has 0 atom stereocenters. The van der Waals surface area contributed by atoms with Crippen molar-refractivity contribution in [2.24, 2.45) is 5.73 Å². The van der Waals surface area contributed by atoms with Gasteiger partial charge in [0.1, 0.15) is 0 Å². The van der Waals surface area contributed by atoms with Gasteiger partial charge in [-0.15, -0.1) is 0 Å². The van der Waals surface area contributed by atoms with E-state index in [-0.39, 0.29) is 35.5 Å². The summed E-state index contributed by atoms with van der Waals surface area (Å²) in [6, 6.07) is 0. The van der Waals surface area contributed by atoms with Gasteiger partial charge in [0.15, 0.2) is 0 Å². The fourth-order valence-electron chi connectivity index (χ4n) is 2.67. The first kappa shape index (κ1) is 23.7. The Morgan fingerprint density at radius 1 is 0.619 bits per heavy atom. The van der Waals surface area contributed by atoms with E-state index in [1.807, 2.05) is 0 Å². The Kier molecular flexibility index (Phi) is 23.1. The molecule has 0 spiro atoms. The van der Waals surface area contributed by atoms with Crippen molar-refractivity contribution < 1.29 is 4.79 Å². The minimum atomic E-state index is -0.153. The van der Waals surface area contributed by atoms with E-state index in [1.165, 1.54) is 89.9 Å². The van der Waals surface area contributed by atoms with Gasteiger partial charge in [0.25, 0.3) is 0 Å². The molecular formula is C18H37NNaO. The van der Waals surface area contributed by atoms with Crippen molar-refractivity contribution in [1.29, 1.82) is 0 Å². The predicted molar refractivity (Wildman–Crippen MR) is 94.5 cm³/mol. The normalized spacial score (nSPS) is 10.3. The number of nitrogens with two attached hydrogens (primary N) is 1. The number of carbonyl (C=O) groups excluding carboxylic acids is 1. The molecule has 3 heteroatoms. The van der Waals surface area contributed by atoms with E-state index in [2.05, 4.69) is 6.92 Å². The number of hydrogen-bond donors (Lipinski definition) is 1. The summed E-state index contributed by atoms with van der Waals surface area (Å²) >= 11 is 0. The van der Waals surface area contributed by atoms with Gasteiger partial charge in [-0.05, 0) is 6.42 Å². The first-order valence-corrected chi connectivity index (χ1v) is 9.05. The molecule has 0 rings (SSSR count). The molecule has 0 fully saturated rings. The number of carbonyl (C=O) groups is 1. The Balaban J connectivity index is 0. The quantitative estimate of drug-likeness (QED) is 0.303. The van der Waals surface area contributed by atoms with Crippen molar-refractivity contribution in [1.82, 2.24) is 0 Å². The molecule has 21 heavy (non-hydrogen) atoms. The standard InChI is InChI=1S/C18H37NO.Na/c1-2-3-4-5-6-7-8-9-10-11-12-13-14-15-16-17-18(19)20;/h2-17H2,1H3,(H2,19,20);. The smallest absolute Gasteiger partial charge is 0.217 e. The van der Waals surface area contributed by atoms with Crippen molar-refractivity contribution in [2.75, 3.05) is 0 Å². The van der Waals surface area contributed by atoms with Gasteiger partial charge in [-0.3, -0.25) is 4.79 Å². The molecule has 0 aliphatic rings. The van der Waals surface area contributed by atoms with Crippen LogP contribution >= 0.6 is 0 Å². The fraction of sp³-hybridized carbons (Fsp3) is 0.944. The molecule has 0 saturated heterocycles. The van der Waals surface area contributed by atoms with Gasteiger partial charge in [0, 0.05) is 36.0 Å². The number of amides is 1. The van der Waals surface area contributed by atoms with E-state index >= 15 is 0 Å². The Bertz CT molecular complexity index is 209. The maximum atomic E-state index is 10.6. The van der Waals surface area contributed by atoms with E-state index < -0.39 is 0 Å². The van der Waals surface area contributed by atoms with Crippen molar-refractivity contribution in [3.05, 3.63) is 0 Å². The third-order valence-electron chi connectivity index (χ3n) is 4.03. The van der Waals surface area contributed by atoms with E-state index in [0.717, 1.165) is 6.42 Å². The molecule has 0 aromatic rings. The Labute approximate surface area is 155 Å². The van der Waals surface area contributed by atoms with Crippen LogP contribution in [0.1, 0.15) is 110 Å². The summed E-state index contributed by atoms with van der Waals surface area (Å²) in [5, 5.41) is 0. The van der Waals surface area contributed by atoms with Crippen LogP contribution in [0.15, 0.2) is 0 Å². The molecule has 0 aliphatic carbocycles. The summed E-state index contributed by atoms with van der Waals surface area (Å²) in [7, 11) is 0. The van der Waals surface area contributed by atoms with Gasteiger partial charge in [-0.2, -0.15) is 0 Å². The van der Waals surface area contributed by atoms with Crippen molar-refractivity contribution in [2.45, 2.75) is 110 Å². The Morgan fingerprint density at radius 2 is 0.905 bits per heavy atom. The van der Waals surface area contributed by atoms with Gasteiger partial charge in [-0.25, -0.2) is 0 Å². The minimum Gasteiger partial charge on any atom is -0.370 e. The van der Waals surface area contributed by atoms with Crippen LogP contribution in [0.5, 0.6) is 0 Å². The molecular weight excluding hydrogens is 269 g/mol. The molecule has 0 aromatic heterocycles. The maximum Gasteiger partial charge on any atom is 0.217 e. The van der Waals surface area contributed by atoms with Crippen LogP contribution in [-0.4, -0.2) is 35.5 Å². The molecule has 1 amide bonds. The van der Waals surface area contributed by atoms with Crippen molar-refractivity contribution in [3.8, 4) is 0 Å². The van der Waals surface area contributed by atoms with Crippen LogP contribution in [0, 0.1) is 0 Å². The average Bonchev–Trinajstić information content (AvgIpc) is 2.43. The maximum absolute atomic E-state index is 10.6. The van der Waals surface area contributed by atoms with Crippen LogP contribution < -0.4 is 5.73 Å². The minimum absolute atomic E-state index is 0. The molecule has 1 radical (unpaired) electrons. The monoisotopic (exact) mass is 306 g/mol. The van der Waals surface area contributed by atoms with Gasteiger partial charge in [-0.1, -0.05) is 96.8 Å². The van der Waals surface area contributed by atoms with Crippen LogP contribution in [0.4, 0.5) is 0 Å². The summed E-state index contributed by atoms with van der Waals surface area (Å²) in [5.41, 5.74) is 5.11. The molecule has 2 nitrogen and oxygen atoms in total. The second kappa shape index (κ2) is 20.5. The number of hydrogen-bond acceptors (Lipinski definition) is 1. The molecule has 0 saturated carbocycles. The molecule has 2 N–H and O–H groups in total. The molecule has 0 bridgehead atoms. The number of rotatable bonds is 16. The van der Waals surface area contributed by atoms with Crippen LogP contribution in [0.25, 0.3) is 0 Å². The van der Waals surface area contributed by atoms with Gasteiger partial charge in [0.2, 0.25) is 5.91 Å².